The highest BCUT2D eigenvalue weighted by atomic mass is 35.5. The molecule has 2 aromatic carbocycles. The van der Waals surface area contributed by atoms with E-state index in [1.807, 2.05) is 6.07 Å². The van der Waals surface area contributed by atoms with E-state index in [2.05, 4.69) is 9.46 Å². The third-order valence-electron chi connectivity index (χ3n) is 4.73. The van der Waals surface area contributed by atoms with Gasteiger partial charge in [0.1, 0.15) is 5.75 Å². The molecule has 152 valence electrons. The Morgan fingerprint density at radius 2 is 1.71 bits per heavy atom. The van der Waals surface area contributed by atoms with Gasteiger partial charge in [0.25, 0.3) is 0 Å². The topological polar surface area (TPSA) is 55.4 Å². The number of hydrogen-bond acceptors (Lipinski definition) is 3. The van der Waals surface area contributed by atoms with Crippen molar-refractivity contribution in [1.29, 1.82) is 0 Å². The first-order valence-electron chi connectivity index (χ1n) is 8.78. The summed E-state index contributed by atoms with van der Waals surface area (Å²) in [4.78, 5) is -0.132. The number of sulfonamides is 1. The summed E-state index contributed by atoms with van der Waals surface area (Å²) in [5.74, 6) is -0.352. The van der Waals surface area contributed by atoms with Crippen LogP contribution >= 0.6 is 11.6 Å². The van der Waals surface area contributed by atoms with E-state index >= 15 is 0 Å². The number of benzene rings is 2. The molecule has 0 unspecified atom stereocenters. The van der Waals surface area contributed by atoms with Crippen LogP contribution in [-0.2, 0) is 10.0 Å². The first kappa shape index (κ1) is 21.0. The van der Waals surface area contributed by atoms with E-state index in [1.54, 1.807) is 18.2 Å². The minimum atomic E-state index is -4.83. The number of halogens is 4. The second-order valence-corrected chi connectivity index (χ2v) is 8.87. The third kappa shape index (κ3) is 5.40. The van der Waals surface area contributed by atoms with E-state index in [9.17, 15) is 21.6 Å². The third-order valence-corrected chi connectivity index (χ3v) is 6.42. The summed E-state index contributed by atoms with van der Waals surface area (Å²) in [6.07, 6.45) is -1.02. The van der Waals surface area contributed by atoms with E-state index in [0.717, 1.165) is 55.5 Å². The Morgan fingerprint density at radius 1 is 1.07 bits per heavy atom. The van der Waals surface area contributed by atoms with E-state index < -0.39 is 28.2 Å². The highest BCUT2D eigenvalue weighted by Crippen LogP contribution is 2.37. The summed E-state index contributed by atoms with van der Waals surface area (Å²) in [6, 6.07) is 10.7. The van der Waals surface area contributed by atoms with Crippen molar-refractivity contribution in [2.24, 2.45) is 5.92 Å². The molecule has 0 saturated heterocycles. The molecule has 0 radical (unpaired) electrons. The van der Waals surface area contributed by atoms with Gasteiger partial charge in [-0.05, 0) is 60.7 Å². The highest BCUT2D eigenvalue weighted by molar-refractivity contribution is 7.89. The first-order valence-corrected chi connectivity index (χ1v) is 10.6. The molecule has 9 heteroatoms. The van der Waals surface area contributed by atoms with E-state index in [1.165, 1.54) is 0 Å². The van der Waals surface area contributed by atoms with Crippen LogP contribution < -0.4 is 9.46 Å². The van der Waals surface area contributed by atoms with Gasteiger partial charge < -0.3 is 4.74 Å². The summed E-state index contributed by atoms with van der Waals surface area (Å²) in [7, 11) is -3.95. The summed E-state index contributed by atoms with van der Waals surface area (Å²) < 4.78 is 69.0. The fourth-order valence-corrected chi connectivity index (χ4v) is 4.97. The van der Waals surface area contributed by atoms with Gasteiger partial charge in [0, 0.05) is 11.1 Å². The molecular weight excluding hydrogens is 415 g/mol. The van der Waals surface area contributed by atoms with E-state index in [4.69, 9.17) is 11.6 Å². The van der Waals surface area contributed by atoms with Gasteiger partial charge in [-0.2, -0.15) is 0 Å². The van der Waals surface area contributed by atoms with Crippen molar-refractivity contribution < 1.29 is 26.3 Å². The van der Waals surface area contributed by atoms with Gasteiger partial charge in [0.2, 0.25) is 10.0 Å². The molecule has 2 aromatic rings. The van der Waals surface area contributed by atoms with Crippen molar-refractivity contribution in [2.75, 3.05) is 0 Å². The molecule has 0 bridgehead atoms. The van der Waals surface area contributed by atoms with Gasteiger partial charge in [-0.25, -0.2) is 13.1 Å². The van der Waals surface area contributed by atoms with Crippen molar-refractivity contribution >= 4 is 21.6 Å². The van der Waals surface area contributed by atoms with Crippen molar-refractivity contribution in [3.63, 3.8) is 0 Å². The Hall–Kier alpha value is -1.77. The molecule has 1 aliphatic carbocycles. The molecule has 1 atom stereocenters. The van der Waals surface area contributed by atoms with Crippen molar-refractivity contribution in [1.82, 2.24) is 4.72 Å². The molecule has 1 saturated carbocycles. The van der Waals surface area contributed by atoms with Gasteiger partial charge in [-0.3, -0.25) is 0 Å². The maximum Gasteiger partial charge on any atom is 0.573 e. The minimum absolute atomic E-state index is 0.126. The summed E-state index contributed by atoms with van der Waals surface area (Å²) >= 11 is 6.07. The molecule has 4 nitrogen and oxygen atoms in total. The molecule has 1 aliphatic rings. The summed E-state index contributed by atoms with van der Waals surface area (Å²) in [5.41, 5.74) is 0.764. The van der Waals surface area contributed by atoms with Gasteiger partial charge in [0.15, 0.2) is 0 Å². The fourth-order valence-electron chi connectivity index (χ4n) is 3.48. The Morgan fingerprint density at radius 3 is 2.29 bits per heavy atom. The average Bonchev–Trinajstić information content (AvgIpc) is 3.13. The number of ether oxygens (including phenoxy) is 1. The number of rotatable bonds is 6. The quantitative estimate of drug-likeness (QED) is 0.659. The van der Waals surface area contributed by atoms with Crippen LogP contribution in [0.5, 0.6) is 5.75 Å². The molecule has 0 aliphatic heterocycles. The molecule has 28 heavy (non-hydrogen) atoms. The first-order chi connectivity index (χ1) is 13.1. The van der Waals surface area contributed by atoms with Crippen LogP contribution in [0.25, 0.3) is 0 Å². The molecule has 0 spiro atoms. The average molecular weight is 434 g/mol. The highest BCUT2D eigenvalue weighted by Gasteiger charge is 2.32. The van der Waals surface area contributed by atoms with Crippen LogP contribution in [0.15, 0.2) is 53.4 Å². The zero-order valence-electron chi connectivity index (χ0n) is 14.7. The molecule has 0 aromatic heterocycles. The molecule has 3 rings (SSSR count). The SMILES string of the molecule is O=S(=O)(N[C@H](c1cccc(Cl)c1)C1CCCC1)c1ccc(OC(F)(F)F)cc1. The lowest BCUT2D eigenvalue weighted by Crippen LogP contribution is -2.32. The number of alkyl halides is 3. The monoisotopic (exact) mass is 433 g/mol. The standard InChI is InChI=1S/C19H19ClF3NO3S/c20-15-7-3-6-14(12-15)18(13-4-1-2-5-13)24-28(25,26)17-10-8-16(9-11-17)27-19(21,22)23/h3,6-13,18,24H,1-2,4-5H2/t18-/m0/s1. The second kappa shape index (κ2) is 8.31. The number of nitrogens with one attached hydrogen (secondary N) is 1. The van der Waals surface area contributed by atoms with Crippen molar-refractivity contribution in [3.05, 3.63) is 59.1 Å². The Balaban J connectivity index is 1.84. The van der Waals surface area contributed by atoms with Crippen LogP contribution in [0, 0.1) is 5.92 Å². The largest absolute Gasteiger partial charge is 0.573 e. The van der Waals surface area contributed by atoms with E-state index in [0.29, 0.717) is 5.02 Å². The maximum absolute atomic E-state index is 12.8. The minimum Gasteiger partial charge on any atom is -0.406 e. The lowest BCUT2D eigenvalue weighted by atomic mass is 9.92. The summed E-state index contributed by atoms with van der Waals surface area (Å²) in [5, 5.41) is 0.508. The maximum atomic E-state index is 12.8. The molecule has 1 fully saturated rings. The van der Waals surface area contributed by atoms with Crippen LogP contribution in [0.4, 0.5) is 13.2 Å². The summed E-state index contributed by atoms with van der Waals surface area (Å²) in [6.45, 7) is 0. The van der Waals surface area contributed by atoms with Crippen molar-refractivity contribution in [2.45, 2.75) is 43.0 Å². The zero-order chi connectivity index (χ0) is 20.4. The van der Waals surface area contributed by atoms with Crippen LogP contribution in [0.2, 0.25) is 5.02 Å². The fraction of sp³-hybridized carbons (Fsp3) is 0.368. The molecule has 1 N–H and O–H groups in total. The van der Waals surface area contributed by atoms with Crippen LogP contribution in [0.3, 0.4) is 0 Å². The molecular formula is C19H19ClF3NO3S. The van der Waals surface area contributed by atoms with Crippen LogP contribution in [0.1, 0.15) is 37.3 Å². The van der Waals surface area contributed by atoms with Gasteiger partial charge >= 0.3 is 6.36 Å². The zero-order valence-corrected chi connectivity index (χ0v) is 16.3. The van der Waals surface area contributed by atoms with Crippen LogP contribution in [-0.4, -0.2) is 14.8 Å². The van der Waals surface area contributed by atoms with Crippen molar-refractivity contribution in [3.8, 4) is 5.75 Å². The van der Waals surface area contributed by atoms with E-state index in [-0.39, 0.29) is 10.8 Å². The predicted octanol–water partition coefficient (Wildman–Crippen LogP) is 5.45. The van der Waals surface area contributed by atoms with Gasteiger partial charge in [0.05, 0.1) is 4.90 Å². The molecule has 0 heterocycles. The smallest absolute Gasteiger partial charge is 0.406 e. The lowest BCUT2D eigenvalue weighted by molar-refractivity contribution is -0.274. The Labute approximate surface area is 166 Å². The normalized spacial score (nSPS) is 16.9. The number of hydrogen-bond donors (Lipinski definition) is 1. The second-order valence-electron chi connectivity index (χ2n) is 6.72. The lowest BCUT2D eigenvalue weighted by Gasteiger charge is -2.25. The Bertz CT molecular complexity index is 911. The van der Waals surface area contributed by atoms with Gasteiger partial charge in [-0.15, -0.1) is 13.2 Å². The molecule has 0 amide bonds. The predicted molar refractivity (Wildman–Crippen MR) is 99.6 cm³/mol. The Kier molecular flexibility index (Phi) is 6.21. The van der Waals surface area contributed by atoms with Gasteiger partial charge in [-0.1, -0.05) is 36.6 Å².